The third-order valence-corrected chi connectivity index (χ3v) is 5.67. The van der Waals surface area contributed by atoms with Gasteiger partial charge < -0.3 is 5.73 Å². The lowest BCUT2D eigenvalue weighted by Crippen LogP contribution is -2.62. The summed E-state index contributed by atoms with van der Waals surface area (Å²) in [5, 5.41) is 0. The molecule has 106 valence electrons. The van der Waals surface area contributed by atoms with Crippen molar-refractivity contribution in [3.63, 3.8) is 0 Å². The van der Waals surface area contributed by atoms with E-state index in [-0.39, 0.29) is 0 Å². The molecule has 0 aromatic carbocycles. The molecule has 0 heterocycles. The Morgan fingerprint density at radius 1 is 1.17 bits per heavy atom. The number of nitrogens with zero attached hydrogens (tertiary/aromatic N) is 1. The fourth-order valence-corrected chi connectivity index (χ4v) is 3.97. The van der Waals surface area contributed by atoms with Crippen LogP contribution in [0, 0.1) is 17.8 Å². The van der Waals surface area contributed by atoms with Crippen molar-refractivity contribution in [3.05, 3.63) is 0 Å². The zero-order valence-electron chi connectivity index (χ0n) is 12.6. The van der Waals surface area contributed by atoms with Crippen LogP contribution in [0.5, 0.6) is 0 Å². The van der Waals surface area contributed by atoms with Gasteiger partial charge in [0.05, 0.1) is 0 Å². The summed E-state index contributed by atoms with van der Waals surface area (Å²) < 4.78 is 0. The lowest BCUT2D eigenvalue weighted by Gasteiger charge is -2.55. The van der Waals surface area contributed by atoms with Crippen LogP contribution in [0.25, 0.3) is 0 Å². The smallest absolute Gasteiger partial charge is 0.0334 e. The highest BCUT2D eigenvalue weighted by molar-refractivity contribution is 5.03. The molecule has 0 unspecified atom stereocenters. The van der Waals surface area contributed by atoms with E-state index in [9.17, 15) is 0 Å². The van der Waals surface area contributed by atoms with Crippen molar-refractivity contribution in [2.75, 3.05) is 20.1 Å². The number of likely N-dealkylation sites (N-methyl/N-ethyl adjacent to an activating group) is 1. The number of hydrogen-bond acceptors (Lipinski definition) is 2. The average Bonchev–Trinajstić information content (AvgIpc) is 2.29. The highest BCUT2D eigenvalue weighted by Crippen LogP contribution is 2.45. The minimum Gasteiger partial charge on any atom is -0.329 e. The Labute approximate surface area is 113 Å². The van der Waals surface area contributed by atoms with Crippen LogP contribution in [0.4, 0.5) is 0 Å². The van der Waals surface area contributed by atoms with Crippen molar-refractivity contribution < 1.29 is 0 Å². The number of nitrogens with two attached hydrogens (primary N) is 1. The van der Waals surface area contributed by atoms with Gasteiger partial charge in [0.25, 0.3) is 0 Å². The first-order valence-corrected chi connectivity index (χ1v) is 7.99. The number of rotatable bonds is 5. The Balaban J connectivity index is 1.84. The van der Waals surface area contributed by atoms with Crippen LogP contribution >= 0.6 is 0 Å². The van der Waals surface area contributed by atoms with E-state index in [1.807, 2.05) is 0 Å². The van der Waals surface area contributed by atoms with Crippen LogP contribution in [0.15, 0.2) is 0 Å². The molecule has 2 aliphatic carbocycles. The molecule has 0 saturated heterocycles. The van der Waals surface area contributed by atoms with Gasteiger partial charge in [-0.2, -0.15) is 0 Å². The van der Waals surface area contributed by atoms with E-state index in [1.165, 1.54) is 51.5 Å². The van der Waals surface area contributed by atoms with E-state index in [4.69, 9.17) is 5.73 Å². The van der Waals surface area contributed by atoms with Crippen LogP contribution in [0.2, 0.25) is 0 Å². The topological polar surface area (TPSA) is 29.3 Å². The summed E-state index contributed by atoms with van der Waals surface area (Å²) in [7, 11) is 2.32. The minimum absolute atomic E-state index is 0.340. The molecule has 0 atom stereocenters. The predicted octanol–water partition coefficient (Wildman–Crippen LogP) is 3.26. The monoisotopic (exact) mass is 252 g/mol. The van der Waals surface area contributed by atoms with Gasteiger partial charge in [-0.3, -0.25) is 4.90 Å². The van der Waals surface area contributed by atoms with E-state index >= 15 is 0 Å². The summed E-state index contributed by atoms with van der Waals surface area (Å²) in [6, 6.07) is 0. The molecule has 0 bridgehead atoms. The van der Waals surface area contributed by atoms with Gasteiger partial charge in [-0.15, -0.1) is 0 Å². The van der Waals surface area contributed by atoms with E-state index in [1.54, 1.807) is 0 Å². The molecular weight excluding hydrogens is 220 g/mol. The van der Waals surface area contributed by atoms with Gasteiger partial charge in [-0.05, 0) is 50.5 Å². The summed E-state index contributed by atoms with van der Waals surface area (Å²) in [6.45, 7) is 6.83. The molecule has 2 heteroatoms. The lowest BCUT2D eigenvalue weighted by molar-refractivity contribution is -0.0294. The molecule has 0 radical (unpaired) electrons. The zero-order valence-corrected chi connectivity index (χ0v) is 12.6. The van der Waals surface area contributed by atoms with E-state index in [0.29, 0.717) is 5.54 Å². The highest BCUT2D eigenvalue weighted by atomic mass is 15.2. The second-order valence-electron chi connectivity index (χ2n) is 7.23. The maximum Gasteiger partial charge on any atom is 0.0334 e. The second-order valence-corrected chi connectivity index (χ2v) is 7.23. The predicted molar refractivity (Wildman–Crippen MR) is 78.6 cm³/mol. The van der Waals surface area contributed by atoms with Gasteiger partial charge in [-0.1, -0.05) is 33.1 Å². The second kappa shape index (κ2) is 5.92. The largest absolute Gasteiger partial charge is 0.329 e. The van der Waals surface area contributed by atoms with E-state index in [0.717, 1.165) is 24.3 Å². The molecule has 2 rings (SSSR count). The Hall–Kier alpha value is -0.0800. The lowest BCUT2D eigenvalue weighted by atomic mass is 9.63. The van der Waals surface area contributed by atoms with Gasteiger partial charge in [0.1, 0.15) is 0 Å². The average molecular weight is 252 g/mol. The van der Waals surface area contributed by atoms with E-state index < -0.39 is 0 Å². The van der Waals surface area contributed by atoms with Crippen LogP contribution < -0.4 is 5.73 Å². The first kappa shape index (κ1) is 14.3. The normalized spacial score (nSPS) is 34.0. The first-order chi connectivity index (χ1) is 8.57. The molecule has 0 amide bonds. The van der Waals surface area contributed by atoms with Gasteiger partial charge >= 0.3 is 0 Å². The Bertz CT molecular complexity index is 250. The maximum atomic E-state index is 6.10. The summed E-state index contributed by atoms with van der Waals surface area (Å²) in [5.74, 6) is 2.67. The quantitative estimate of drug-likeness (QED) is 0.814. The molecule has 18 heavy (non-hydrogen) atoms. The zero-order chi connectivity index (χ0) is 13.2. The summed E-state index contributed by atoms with van der Waals surface area (Å²) in [4.78, 5) is 2.61. The maximum absolute atomic E-state index is 6.10. The third-order valence-electron chi connectivity index (χ3n) is 5.67. The van der Waals surface area contributed by atoms with Gasteiger partial charge in [0, 0.05) is 18.6 Å². The fourth-order valence-electron chi connectivity index (χ4n) is 3.97. The van der Waals surface area contributed by atoms with Crippen molar-refractivity contribution in [3.8, 4) is 0 Å². The van der Waals surface area contributed by atoms with Gasteiger partial charge in [0.15, 0.2) is 0 Å². The summed E-state index contributed by atoms with van der Waals surface area (Å²) >= 11 is 0. The molecule has 2 nitrogen and oxygen atoms in total. The number of hydrogen-bond donors (Lipinski definition) is 1. The molecule has 2 saturated carbocycles. The van der Waals surface area contributed by atoms with Crippen molar-refractivity contribution in [2.24, 2.45) is 23.5 Å². The van der Waals surface area contributed by atoms with Crippen LogP contribution in [0.3, 0.4) is 0 Å². The molecule has 0 aromatic heterocycles. The molecule has 2 N–H and O–H groups in total. The minimum atomic E-state index is 0.340. The molecule has 0 spiro atoms. The van der Waals surface area contributed by atoms with E-state index in [2.05, 4.69) is 25.8 Å². The van der Waals surface area contributed by atoms with Crippen LogP contribution in [-0.2, 0) is 0 Å². The first-order valence-electron chi connectivity index (χ1n) is 7.99. The van der Waals surface area contributed by atoms with Gasteiger partial charge in [-0.25, -0.2) is 0 Å². The Morgan fingerprint density at radius 2 is 1.78 bits per heavy atom. The standard InChI is InChI=1S/C16H32N2/c1-13(2)15-9-16(10-15,12-17)18(3)11-14-7-5-4-6-8-14/h13-15H,4-12,17H2,1-3H3. The van der Waals surface area contributed by atoms with Crippen LogP contribution in [0.1, 0.15) is 58.8 Å². The molecule has 0 aliphatic heterocycles. The fraction of sp³-hybridized carbons (Fsp3) is 1.00. The van der Waals surface area contributed by atoms with Crippen molar-refractivity contribution >= 4 is 0 Å². The summed E-state index contributed by atoms with van der Waals surface area (Å²) in [5.41, 5.74) is 6.44. The molecule has 2 aliphatic rings. The highest BCUT2D eigenvalue weighted by Gasteiger charge is 2.47. The SMILES string of the molecule is CC(C)C1CC(CN)(N(C)CC2CCCCC2)C1. The molecule has 2 fully saturated rings. The van der Waals surface area contributed by atoms with Gasteiger partial charge in [0.2, 0.25) is 0 Å². The molecular formula is C16H32N2. The third kappa shape index (κ3) is 2.91. The van der Waals surface area contributed by atoms with Crippen molar-refractivity contribution in [1.82, 2.24) is 4.90 Å². The van der Waals surface area contributed by atoms with Crippen molar-refractivity contribution in [1.29, 1.82) is 0 Å². The Morgan fingerprint density at radius 3 is 2.28 bits per heavy atom. The summed E-state index contributed by atoms with van der Waals surface area (Å²) in [6.07, 6.45) is 9.88. The van der Waals surface area contributed by atoms with Crippen LogP contribution in [-0.4, -0.2) is 30.6 Å². The Kier molecular flexibility index (Phi) is 4.71. The van der Waals surface area contributed by atoms with Crippen molar-refractivity contribution in [2.45, 2.75) is 64.3 Å². The molecule has 0 aromatic rings.